The smallest absolute Gasteiger partial charge is 0.0814 e. The largest absolute Gasteiger partial charge is 0.270 e. The maximum Gasteiger partial charge on any atom is 0.0814 e. The first-order valence-electron chi connectivity index (χ1n) is 5.32. The monoisotopic (exact) mass is 292 g/mol. The summed E-state index contributed by atoms with van der Waals surface area (Å²) < 4.78 is 1.96. The molecule has 0 aliphatic rings. The van der Waals surface area contributed by atoms with Crippen molar-refractivity contribution in [2.75, 3.05) is 5.33 Å². The predicted octanol–water partition coefficient (Wildman–Crippen LogP) is 4.05. The Morgan fingerprint density at radius 3 is 2.40 bits per heavy atom. The second-order valence-corrected chi connectivity index (χ2v) is 5.07. The molecule has 2 nitrogen and oxygen atoms in total. The lowest BCUT2D eigenvalue weighted by Crippen LogP contribution is -2.27. The minimum atomic E-state index is 0.293. The van der Waals surface area contributed by atoms with E-state index in [1.165, 1.54) is 0 Å². The molecule has 4 heteroatoms. The highest BCUT2D eigenvalue weighted by molar-refractivity contribution is 9.09. The van der Waals surface area contributed by atoms with E-state index < -0.39 is 0 Å². The van der Waals surface area contributed by atoms with E-state index in [4.69, 9.17) is 11.6 Å². The fourth-order valence-corrected chi connectivity index (χ4v) is 2.74. The van der Waals surface area contributed by atoms with E-state index in [0.29, 0.717) is 5.41 Å². The molecule has 0 bridgehead atoms. The van der Waals surface area contributed by atoms with Crippen molar-refractivity contribution in [2.45, 2.75) is 40.2 Å². The topological polar surface area (TPSA) is 17.8 Å². The van der Waals surface area contributed by atoms with Crippen molar-refractivity contribution in [2.24, 2.45) is 5.41 Å². The summed E-state index contributed by atoms with van der Waals surface area (Å²) >= 11 is 9.59. The molecule has 0 unspecified atom stereocenters. The molecule has 0 N–H and O–H groups in total. The summed E-state index contributed by atoms with van der Waals surface area (Å²) in [6.45, 7) is 7.32. The van der Waals surface area contributed by atoms with Gasteiger partial charge in [-0.2, -0.15) is 5.10 Å². The first-order valence-corrected chi connectivity index (χ1v) is 6.82. The van der Waals surface area contributed by atoms with Crippen LogP contribution in [0.15, 0.2) is 6.20 Å². The molecular weight excluding hydrogens is 275 g/mol. The van der Waals surface area contributed by atoms with Crippen LogP contribution in [0.25, 0.3) is 0 Å². The van der Waals surface area contributed by atoms with Gasteiger partial charge in [0.05, 0.1) is 10.7 Å². The van der Waals surface area contributed by atoms with Crippen molar-refractivity contribution >= 4 is 27.5 Å². The Hall–Kier alpha value is -0.0200. The summed E-state index contributed by atoms with van der Waals surface area (Å²) in [4.78, 5) is 0. The van der Waals surface area contributed by atoms with Gasteiger partial charge in [0.25, 0.3) is 0 Å². The van der Waals surface area contributed by atoms with E-state index in [2.05, 4.69) is 34.9 Å². The Morgan fingerprint density at radius 2 is 2.07 bits per heavy atom. The quantitative estimate of drug-likeness (QED) is 0.749. The van der Waals surface area contributed by atoms with E-state index in [-0.39, 0.29) is 0 Å². The van der Waals surface area contributed by atoms with E-state index in [9.17, 15) is 0 Å². The Morgan fingerprint density at radius 1 is 1.47 bits per heavy atom. The lowest BCUT2D eigenvalue weighted by atomic mass is 9.85. The van der Waals surface area contributed by atoms with Crippen LogP contribution in [0.2, 0.25) is 5.02 Å². The van der Waals surface area contributed by atoms with Crippen LogP contribution in [0.1, 0.15) is 32.4 Å². The number of hydrogen-bond donors (Lipinski definition) is 0. The molecule has 0 aliphatic carbocycles. The number of nitrogens with zero attached hydrogens (tertiary/aromatic N) is 2. The highest BCUT2D eigenvalue weighted by Crippen LogP contribution is 2.31. The molecule has 0 amide bonds. The van der Waals surface area contributed by atoms with Gasteiger partial charge in [-0.25, -0.2) is 0 Å². The molecule has 0 radical (unpaired) electrons. The van der Waals surface area contributed by atoms with Gasteiger partial charge < -0.3 is 0 Å². The molecule has 86 valence electrons. The zero-order valence-corrected chi connectivity index (χ0v) is 11.9. The Kier molecular flexibility index (Phi) is 4.65. The summed E-state index contributed by atoms with van der Waals surface area (Å²) in [5.41, 5.74) is 1.20. The van der Waals surface area contributed by atoms with Crippen LogP contribution < -0.4 is 0 Å². The number of aromatic nitrogens is 2. The van der Waals surface area contributed by atoms with E-state index in [1.807, 2.05) is 17.8 Å². The maximum absolute atomic E-state index is 5.99. The van der Waals surface area contributed by atoms with Gasteiger partial charge in [0.15, 0.2) is 0 Å². The summed E-state index contributed by atoms with van der Waals surface area (Å²) in [6, 6.07) is 0. The lowest BCUT2D eigenvalue weighted by molar-refractivity contribution is 0.247. The zero-order valence-electron chi connectivity index (χ0n) is 9.56. The molecule has 0 aliphatic heterocycles. The first-order chi connectivity index (χ1) is 7.06. The highest BCUT2D eigenvalue weighted by Gasteiger charge is 2.25. The van der Waals surface area contributed by atoms with Gasteiger partial charge in [0.2, 0.25) is 0 Å². The fourth-order valence-electron chi connectivity index (χ4n) is 1.62. The highest BCUT2D eigenvalue weighted by atomic mass is 79.9. The number of rotatable bonds is 5. The standard InChI is InChI=1S/C11H18BrClN2/c1-4-11(5-2,7-12)8-15-6-10(13)9(3)14-15/h6H,4-5,7-8H2,1-3H3. The summed E-state index contributed by atoms with van der Waals surface area (Å²) in [6.07, 6.45) is 4.20. The second-order valence-electron chi connectivity index (χ2n) is 4.10. The van der Waals surface area contributed by atoms with Crippen molar-refractivity contribution in [3.05, 3.63) is 16.9 Å². The molecular formula is C11H18BrClN2. The maximum atomic E-state index is 5.99. The van der Waals surface area contributed by atoms with Gasteiger partial charge in [-0.1, -0.05) is 41.4 Å². The van der Waals surface area contributed by atoms with E-state index in [0.717, 1.165) is 35.4 Å². The summed E-state index contributed by atoms with van der Waals surface area (Å²) in [7, 11) is 0. The van der Waals surface area contributed by atoms with Crippen LogP contribution >= 0.6 is 27.5 Å². The molecule has 0 fully saturated rings. The fraction of sp³-hybridized carbons (Fsp3) is 0.727. The third-order valence-electron chi connectivity index (χ3n) is 3.17. The molecule has 0 aromatic carbocycles. The second kappa shape index (κ2) is 5.35. The van der Waals surface area contributed by atoms with Crippen molar-refractivity contribution in [3.8, 4) is 0 Å². The molecule has 1 rings (SSSR count). The van der Waals surface area contributed by atoms with Gasteiger partial charge in [-0.15, -0.1) is 0 Å². The number of halogens is 2. The molecule has 1 heterocycles. The van der Waals surface area contributed by atoms with Gasteiger partial charge >= 0.3 is 0 Å². The van der Waals surface area contributed by atoms with Crippen molar-refractivity contribution in [3.63, 3.8) is 0 Å². The zero-order chi connectivity index (χ0) is 11.5. The Labute approximate surface area is 105 Å². The van der Waals surface area contributed by atoms with Crippen LogP contribution in [0.3, 0.4) is 0 Å². The molecule has 15 heavy (non-hydrogen) atoms. The molecule has 1 aromatic heterocycles. The molecule has 0 spiro atoms. The average molecular weight is 294 g/mol. The normalized spacial score (nSPS) is 12.1. The van der Waals surface area contributed by atoms with Gasteiger partial charge in [-0.3, -0.25) is 4.68 Å². The van der Waals surface area contributed by atoms with Crippen LogP contribution in [0.5, 0.6) is 0 Å². The number of aryl methyl sites for hydroxylation is 1. The summed E-state index contributed by atoms with van der Waals surface area (Å²) in [5, 5.41) is 6.16. The van der Waals surface area contributed by atoms with Crippen LogP contribution in [-0.2, 0) is 6.54 Å². The van der Waals surface area contributed by atoms with Crippen LogP contribution in [0.4, 0.5) is 0 Å². The minimum absolute atomic E-state index is 0.293. The average Bonchev–Trinajstić information content (AvgIpc) is 2.55. The number of hydrogen-bond acceptors (Lipinski definition) is 1. The Balaban J connectivity index is 2.82. The third-order valence-corrected chi connectivity index (χ3v) is 4.73. The SMILES string of the molecule is CCC(CC)(CBr)Cn1cc(Cl)c(C)n1. The van der Waals surface area contributed by atoms with Crippen LogP contribution in [-0.4, -0.2) is 15.1 Å². The predicted molar refractivity (Wildman–Crippen MR) is 68.8 cm³/mol. The molecule has 0 saturated carbocycles. The van der Waals surface area contributed by atoms with E-state index in [1.54, 1.807) is 0 Å². The van der Waals surface area contributed by atoms with Crippen molar-refractivity contribution < 1.29 is 0 Å². The van der Waals surface area contributed by atoms with E-state index >= 15 is 0 Å². The molecule has 1 aromatic rings. The van der Waals surface area contributed by atoms with Crippen molar-refractivity contribution in [1.82, 2.24) is 9.78 Å². The van der Waals surface area contributed by atoms with Crippen molar-refractivity contribution in [1.29, 1.82) is 0 Å². The number of alkyl halides is 1. The van der Waals surface area contributed by atoms with Gasteiger partial charge in [0.1, 0.15) is 0 Å². The van der Waals surface area contributed by atoms with Gasteiger partial charge in [0, 0.05) is 18.1 Å². The first kappa shape index (κ1) is 13.0. The molecule has 0 saturated heterocycles. The van der Waals surface area contributed by atoms with Crippen LogP contribution in [0, 0.1) is 12.3 Å². The molecule has 0 atom stereocenters. The van der Waals surface area contributed by atoms with Gasteiger partial charge in [-0.05, 0) is 25.2 Å². The lowest BCUT2D eigenvalue weighted by Gasteiger charge is -2.29. The minimum Gasteiger partial charge on any atom is -0.270 e. The third kappa shape index (κ3) is 2.97. The summed E-state index contributed by atoms with van der Waals surface area (Å²) in [5.74, 6) is 0. The Bertz CT molecular complexity index is 291.